The summed E-state index contributed by atoms with van der Waals surface area (Å²) in [5.41, 5.74) is 5.83. The Labute approximate surface area is 115 Å². The monoisotopic (exact) mass is 269 g/mol. The fourth-order valence-electron chi connectivity index (χ4n) is 2.35. The van der Waals surface area contributed by atoms with Crippen LogP contribution in [0.15, 0.2) is 0 Å². The molecule has 3 N–H and O–H groups in total. The highest BCUT2D eigenvalue weighted by Gasteiger charge is 2.27. The molecule has 0 radical (unpaired) electrons. The minimum absolute atomic E-state index is 0.0442. The molecule has 1 rings (SSSR count). The molecule has 5 heteroatoms. The van der Waals surface area contributed by atoms with Crippen LogP contribution in [0.3, 0.4) is 0 Å². The summed E-state index contributed by atoms with van der Waals surface area (Å²) in [5, 5.41) is 2.83. The fraction of sp³-hybridized carbons (Fsp3) is 0.857. The maximum atomic E-state index is 12.2. The second-order valence-electron chi connectivity index (χ2n) is 6.00. The van der Waals surface area contributed by atoms with E-state index in [0.29, 0.717) is 12.5 Å². The van der Waals surface area contributed by atoms with Crippen molar-refractivity contribution in [3.8, 4) is 0 Å². The van der Waals surface area contributed by atoms with Gasteiger partial charge in [0, 0.05) is 25.6 Å². The standard InChI is InChI=1S/C14H27N3O2/c1-10(2)8-16-13(18)9-17(3)14(19)11-4-6-12(15)7-5-11/h10-12H,4-9,15H2,1-3H3,(H,16,18). The van der Waals surface area contributed by atoms with Gasteiger partial charge in [0.15, 0.2) is 0 Å². The molecule has 0 saturated heterocycles. The van der Waals surface area contributed by atoms with Crippen LogP contribution in [-0.2, 0) is 9.59 Å². The first kappa shape index (κ1) is 16.0. The zero-order valence-electron chi connectivity index (χ0n) is 12.3. The largest absolute Gasteiger partial charge is 0.354 e. The molecule has 1 fully saturated rings. The molecule has 2 amide bonds. The minimum atomic E-state index is -0.0861. The number of hydrogen-bond donors (Lipinski definition) is 2. The van der Waals surface area contributed by atoms with Crippen LogP contribution in [-0.4, -0.2) is 42.9 Å². The number of amides is 2. The third kappa shape index (κ3) is 5.59. The second-order valence-corrected chi connectivity index (χ2v) is 6.00. The van der Waals surface area contributed by atoms with Gasteiger partial charge in [-0.1, -0.05) is 13.8 Å². The zero-order chi connectivity index (χ0) is 14.4. The molecule has 19 heavy (non-hydrogen) atoms. The van der Waals surface area contributed by atoms with E-state index in [1.165, 1.54) is 4.90 Å². The molecule has 5 nitrogen and oxygen atoms in total. The maximum absolute atomic E-state index is 12.2. The van der Waals surface area contributed by atoms with E-state index in [4.69, 9.17) is 5.73 Å². The van der Waals surface area contributed by atoms with Gasteiger partial charge < -0.3 is 16.0 Å². The molecule has 0 aromatic rings. The van der Waals surface area contributed by atoms with Gasteiger partial charge in [-0.25, -0.2) is 0 Å². The summed E-state index contributed by atoms with van der Waals surface area (Å²) in [7, 11) is 1.70. The Balaban J connectivity index is 2.33. The molecule has 0 aromatic carbocycles. The summed E-state index contributed by atoms with van der Waals surface area (Å²) in [4.78, 5) is 25.4. The number of carbonyl (C=O) groups excluding carboxylic acids is 2. The number of nitrogens with two attached hydrogens (primary N) is 1. The SMILES string of the molecule is CC(C)CNC(=O)CN(C)C(=O)C1CCC(N)CC1. The summed E-state index contributed by atoms with van der Waals surface area (Å²) in [6.07, 6.45) is 3.50. The van der Waals surface area contributed by atoms with Crippen LogP contribution < -0.4 is 11.1 Å². The van der Waals surface area contributed by atoms with Crippen LogP contribution in [0.5, 0.6) is 0 Å². The lowest BCUT2D eigenvalue weighted by atomic mass is 9.85. The number of likely N-dealkylation sites (N-methyl/N-ethyl adjacent to an activating group) is 1. The molecule has 1 aliphatic rings. The molecule has 0 spiro atoms. The molecule has 0 aromatic heterocycles. The van der Waals surface area contributed by atoms with E-state index in [2.05, 4.69) is 5.32 Å². The lowest BCUT2D eigenvalue weighted by Crippen LogP contribution is -2.43. The highest BCUT2D eigenvalue weighted by Crippen LogP contribution is 2.24. The van der Waals surface area contributed by atoms with Gasteiger partial charge in [-0.05, 0) is 31.6 Å². The quantitative estimate of drug-likeness (QED) is 0.773. The average molecular weight is 269 g/mol. The van der Waals surface area contributed by atoms with E-state index in [-0.39, 0.29) is 30.3 Å². The first-order chi connectivity index (χ1) is 8.90. The Kier molecular flexibility index (Phi) is 6.28. The van der Waals surface area contributed by atoms with Crippen LogP contribution in [0.25, 0.3) is 0 Å². The molecular formula is C14H27N3O2. The van der Waals surface area contributed by atoms with Gasteiger partial charge in [0.25, 0.3) is 0 Å². The van der Waals surface area contributed by atoms with E-state index < -0.39 is 0 Å². The van der Waals surface area contributed by atoms with Gasteiger partial charge in [-0.2, -0.15) is 0 Å². The van der Waals surface area contributed by atoms with Crippen molar-refractivity contribution in [1.29, 1.82) is 0 Å². The minimum Gasteiger partial charge on any atom is -0.354 e. The summed E-state index contributed by atoms with van der Waals surface area (Å²) in [6.45, 7) is 4.88. The third-order valence-corrected chi connectivity index (χ3v) is 3.59. The van der Waals surface area contributed by atoms with E-state index >= 15 is 0 Å². The van der Waals surface area contributed by atoms with Crippen molar-refractivity contribution in [2.45, 2.75) is 45.6 Å². The number of nitrogens with one attached hydrogen (secondary N) is 1. The Morgan fingerprint density at radius 2 is 1.84 bits per heavy atom. The van der Waals surface area contributed by atoms with E-state index in [9.17, 15) is 9.59 Å². The van der Waals surface area contributed by atoms with Crippen molar-refractivity contribution in [2.75, 3.05) is 20.1 Å². The van der Waals surface area contributed by atoms with E-state index in [1.54, 1.807) is 7.05 Å². The number of carbonyl (C=O) groups is 2. The second kappa shape index (κ2) is 7.48. The summed E-state index contributed by atoms with van der Waals surface area (Å²) >= 11 is 0. The van der Waals surface area contributed by atoms with Gasteiger partial charge in [0.05, 0.1) is 6.54 Å². The predicted octanol–water partition coefficient (Wildman–Crippen LogP) is 0.735. The van der Waals surface area contributed by atoms with Crippen molar-refractivity contribution < 1.29 is 9.59 Å². The van der Waals surface area contributed by atoms with Crippen LogP contribution in [0.4, 0.5) is 0 Å². The molecule has 110 valence electrons. The van der Waals surface area contributed by atoms with Gasteiger partial charge in [0.2, 0.25) is 11.8 Å². The van der Waals surface area contributed by atoms with E-state index in [0.717, 1.165) is 25.7 Å². The molecule has 0 heterocycles. The van der Waals surface area contributed by atoms with Crippen LogP contribution in [0.1, 0.15) is 39.5 Å². The maximum Gasteiger partial charge on any atom is 0.239 e. The van der Waals surface area contributed by atoms with Crippen molar-refractivity contribution in [1.82, 2.24) is 10.2 Å². The van der Waals surface area contributed by atoms with Crippen LogP contribution >= 0.6 is 0 Å². The molecular weight excluding hydrogens is 242 g/mol. The molecule has 1 aliphatic carbocycles. The van der Waals surface area contributed by atoms with Crippen molar-refractivity contribution in [3.05, 3.63) is 0 Å². The van der Waals surface area contributed by atoms with Gasteiger partial charge in [0.1, 0.15) is 0 Å². The zero-order valence-corrected chi connectivity index (χ0v) is 12.3. The Bertz CT molecular complexity index is 310. The Morgan fingerprint density at radius 1 is 1.26 bits per heavy atom. The molecule has 0 bridgehead atoms. The van der Waals surface area contributed by atoms with E-state index in [1.807, 2.05) is 13.8 Å². The lowest BCUT2D eigenvalue weighted by molar-refractivity contribution is -0.139. The lowest BCUT2D eigenvalue weighted by Gasteiger charge is -2.28. The molecule has 1 saturated carbocycles. The Hall–Kier alpha value is -1.10. The van der Waals surface area contributed by atoms with Crippen molar-refractivity contribution in [2.24, 2.45) is 17.6 Å². The van der Waals surface area contributed by atoms with Gasteiger partial charge in [-0.15, -0.1) is 0 Å². The normalized spacial score (nSPS) is 23.2. The van der Waals surface area contributed by atoms with Crippen molar-refractivity contribution in [3.63, 3.8) is 0 Å². The smallest absolute Gasteiger partial charge is 0.239 e. The number of nitrogens with zero attached hydrogens (tertiary/aromatic N) is 1. The number of hydrogen-bond acceptors (Lipinski definition) is 3. The number of rotatable bonds is 5. The summed E-state index contributed by atoms with van der Waals surface area (Å²) in [6, 6.07) is 0.240. The topological polar surface area (TPSA) is 75.4 Å². The summed E-state index contributed by atoms with van der Waals surface area (Å²) < 4.78 is 0. The highest BCUT2D eigenvalue weighted by atomic mass is 16.2. The predicted molar refractivity (Wildman–Crippen MR) is 75.4 cm³/mol. The van der Waals surface area contributed by atoms with Gasteiger partial charge in [-0.3, -0.25) is 9.59 Å². The molecule has 0 aliphatic heterocycles. The average Bonchev–Trinajstić information content (AvgIpc) is 2.36. The fourth-order valence-corrected chi connectivity index (χ4v) is 2.35. The third-order valence-electron chi connectivity index (χ3n) is 3.59. The Morgan fingerprint density at radius 3 is 2.37 bits per heavy atom. The van der Waals surface area contributed by atoms with Gasteiger partial charge >= 0.3 is 0 Å². The van der Waals surface area contributed by atoms with Crippen LogP contribution in [0.2, 0.25) is 0 Å². The first-order valence-electron chi connectivity index (χ1n) is 7.17. The molecule has 0 unspecified atom stereocenters. The first-order valence-corrected chi connectivity index (χ1v) is 7.17. The molecule has 0 atom stereocenters. The van der Waals surface area contributed by atoms with Crippen molar-refractivity contribution >= 4 is 11.8 Å². The van der Waals surface area contributed by atoms with Crippen LogP contribution in [0, 0.1) is 11.8 Å². The highest BCUT2D eigenvalue weighted by molar-refractivity contribution is 5.85. The summed E-state index contributed by atoms with van der Waals surface area (Å²) in [5.74, 6) is 0.455.